The zero-order valence-corrected chi connectivity index (χ0v) is 17.2. The lowest BCUT2D eigenvalue weighted by Crippen LogP contribution is -2.33. The number of aromatic nitrogens is 5. The summed E-state index contributed by atoms with van der Waals surface area (Å²) in [5.41, 5.74) is -1.47. The molecular weight excluding hydrogens is 414 g/mol. The number of ether oxygens (including phenoxy) is 3. The summed E-state index contributed by atoms with van der Waals surface area (Å²) >= 11 is 0. The monoisotopic (exact) mass is 437 g/mol. The molecule has 3 atom stereocenters. The van der Waals surface area contributed by atoms with Gasteiger partial charge in [-0.2, -0.15) is 0 Å². The van der Waals surface area contributed by atoms with Crippen LogP contribution in [0, 0.1) is 6.92 Å². The molecule has 1 fully saturated rings. The van der Waals surface area contributed by atoms with Crippen molar-refractivity contribution >= 4 is 11.9 Å². The van der Waals surface area contributed by atoms with Crippen LogP contribution in [0.4, 0.5) is 0 Å². The number of hydrogen-bond acceptors (Lipinski definition) is 10. The van der Waals surface area contributed by atoms with E-state index >= 15 is 0 Å². The van der Waals surface area contributed by atoms with Crippen LogP contribution in [0.15, 0.2) is 15.8 Å². The van der Waals surface area contributed by atoms with Gasteiger partial charge in [-0.05, 0) is 20.8 Å². The highest BCUT2D eigenvalue weighted by Gasteiger charge is 2.42. The molecule has 1 unspecified atom stereocenters. The van der Waals surface area contributed by atoms with Gasteiger partial charge < -0.3 is 19.3 Å². The first-order chi connectivity index (χ1) is 14.8. The number of nitrogens with zero attached hydrogens (tertiary/aromatic N) is 4. The molecule has 3 heterocycles. The molecular formula is C18H23N5O8. The van der Waals surface area contributed by atoms with Crippen molar-refractivity contribution < 1.29 is 28.9 Å². The third-order valence-corrected chi connectivity index (χ3v) is 4.79. The van der Waals surface area contributed by atoms with Crippen LogP contribution in [0.2, 0.25) is 0 Å². The molecule has 0 saturated carbocycles. The molecule has 1 aliphatic rings. The molecule has 13 heteroatoms. The molecule has 2 aromatic rings. The summed E-state index contributed by atoms with van der Waals surface area (Å²) in [5, 5.41) is 17.5. The Morgan fingerprint density at radius 2 is 1.94 bits per heavy atom. The van der Waals surface area contributed by atoms with E-state index in [0.717, 1.165) is 4.68 Å². The average molecular weight is 437 g/mol. The summed E-state index contributed by atoms with van der Waals surface area (Å²) in [4.78, 5) is 50.9. The fraction of sp³-hybridized carbons (Fsp3) is 0.556. The van der Waals surface area contributed by atoms with Crippen LogP contribution in [-0.2, 0) is 14.2 Å². The highest BCUT2D eigenvalue weighted by atomic mass is 16.5. The minimum Gasteiger partial charge on any atom is -0.461 e. The number of aryl methyl sites for hydroxylation is 1. The van der Waals surface area contributed by atoms with Crippen molar-refractivity contribution in [2.75, 3.05) is 19.8 Å². The molecule has 0 aromatic carbocycles. The molecule has 31 heavy (non-hydrogen) atoms. The van der Waals surface area contributed by atoms with E-state index in [9.17, 15) is 24.3 Å². The maximum Gasteiger partial charge on any atom is 0.361 e. The summed E-state index contributed by atoms with van der Waals surface area (Å²) < 4.78 is 18.1. The first-order valence-electron chi connectivity index (χ1n) is 9.70. The van der Waals surface area contributed by atoms with E-state index < -0.39 is 48.2 Å². The predicted octanol–water partition coefficient (Wildman–Crippen LogP) is -0.689. The van der Waals surface area contributed by atoms with Crippen molar-refractivity contribution in [3.05, 3.63) is 44.0 Å². The molecule has 2 N–H and O–H groups in total. The Balaban J connectivity index is 2.02. The molecule has 3 rings (SSSR count). The number of esters is 2. The largest absolute Gasteiger partial charge is 0.461 e. The molecule has 0 amide bonds. The van der Waals surface area contributed by atoms with E-state index in [2.05, 4.69) is 15.3 Å². The van der Waals surface area contributed by atoms with Gasteiger partial charge in [-0.25, -0.2) is 19.1 Å². The summed E-state index contributed by atoms with van der Waals surface area (Å²) in [6.07, 6.45) is -0.306. The second-order valence-corrected chi connectivity index (χ2v) is 6.77. The van der Waals surface area contributed by atoms with Crippen LogP contribution < -0.4 is 11.2 Å². The second-order valence-electron chi connectivity index (χ2n) is 6.77. The van der Waals surface area contributed by atoms with Crippen LogP contribution in [0.3, 0.4) is 0 Å². The van der Waals surface area contributed by atoms with Crippen LogP contribution in [0.5, 0.6) is 0 Å². The lowest BCUT2D eigenvalue weighted by Gasteiger charge is -2.17. The van der Waals surface area contributed by atoms with E-state index in [-0.39, 0.29) is 31.0 Å². The zero-order chi connectivity index (χ0) is 22.7. The van der Waals surface area contributed by atoms with Crippen molar-refractivity contribution in [3.8, 4) is 0 Å². The van der Waals surface area contributed by atoms with E-state index in [1.54, 1.807) is 13.8 Å². The number of aliphatic hydroxyl groups excluding tert-OH is 1. The summed E-state index contributed by atoms with van der Waals surface area (Å²) in [6.45, 7) is 4.39. The highest BCUT2D eigenvalue weighted by molar-refractivity contribution is 6.00. The molecule has 1 saturated heterocycles. The van der Waals surface area contributed by atoms with Crippen molar-refractivity contribution in [1.82, 2.24) is 24.5 Å². The topological polar surface area (TPSA) is 168 Å². The molecule has 0 spiro atoms. The molecule has 0 bridgehead atoms. The van der Waals surface area contributed by atoms with Gasteiger partial charge in [-0.15, -0.1) is 5.10 Å². The molecule has 2 aromatic heterocycles. The van der Waals surface area contributed by atoms with Crippen LogP contribution >= 0.6 is 0 Å². The van der Waals surface area contributed by atoms with Gasteiger partial charge in [0.05, 0.1) is 25.9 Å². The van der Waals surface area contributed by atoms with Gasteiger partial charge >= 0.3 is 17.6 Å². The Morgan fingerprint density at radius 3 is 2.58 bits per heavy atom. The van der Waals surface area contributed by atoms with Crippen LogP contribution in [0.1, 0.15) is 59.1 Å². The normalized spacial score (nSPS) is 20.6. The molecule has 0 aliphatic carbocycles. The summed E-state index contributed by atoms with van der Waals surface area (Å²) in [5.74, 6) is -1.69. The Morgan fingerprint density at radius 1 is 1.26 bits per heavy atom. The van der Waals surface area contributed by atoms with Gasteiger partial charge in [-0.3, -0.25) is 14.3 Å². The maximum absolute atomic E-state index is 12.6. The Bertz CT molecular complexity index is 1090. The number of H-pyrrole nitrogens is 1. The van der Waals surface area contributed by atoms with Crippen LogP contribution in [-0.4, -0.2) is 67.5 Å². The molecule has 168 valence electrons. The third kappa shape index (κ3) is 4.27. The van der Waals surface area contributed by atoms with Crippen molar-refractivity contribution in [2.45, 2.75) is 45.6 Å². The Hall–Kier alpha value is -3.32. The SMILES string of the molecule is CCOC(=O)c1nnn(C2C[C@H](n3cc(C)c(=O)[nH]c3=O)O[C@@H]2CO)c1C(=O)OCC. The minimum atomic E-state index is -0.881. The van der Waals surface area contributed by atoms with Crippen molar-refractivity contribution in [1.29, 1.82) is 0 Å². The van der Waals surface area contributed by atoms with Gasteiger partial charge in [-0.1, -0.05) is 5.21 Å². The number of aromatic amines is 1. The lowest BCUT2D eigenvalue weighted by molar-refractivity contribution is -0.0326. The van der Waals surface area contributed by atoms with Crippen LogP contribution in [0.25, 0.3) is 0 Å². The lowest BCUT2D eigenvalue weighted by atomic mass is 10.1. The van der Waals surface area contributed by atoms with Gasteiger partial charge in [0, 0.05) is 18.2 Å². The first kappa shape index (κ1) is 22.4. The first-order valence-corrected chi connectivity index (χ1v) is 9.70. The Labute approximate surface area is 175 Å². The fourth-order valence-electron chi connectivity index (χ4n) is 3.36. The minimum absolute atomic E-state index is 0.0472. The predicted molar refractivity (Wildman–Crippen MR) is 103 cm³/mol. The molecule has 13 nitrogen and oxygen atoms in total. The van der Waals surface area contributed by atoms with Gasteiger partial charge in [0.25, 0.3) is 5.56 Å². The summed E-state index contributed by atoms with van der Waals surface area (Å²) in [6, 6.07) is -0.760. The number of rotatable bonds is 7. The number of aliphatic hydroxyl groups is 1. The van der Waals surface area contributed by atoms with Gasteiger partial charge in [0.1, 0.15) is 12.3 Å². The molecule has 0 radical (unpaired) electrons. The maximum atomic E-state index is 12.6. The number of carbonyl (C=O) groups excluding carboxylic acids is 2. The number of nitrogens with one attached hydrogen (secondary N) is 1. The standard InChI is InChI=1S/C18H23N5O8/c1-4-29-16(26)13-14(17(27)30-5-2)23(21-20-13)10-6-12(31-11(10)8-24)22-7-9(3)15(25)19-18(22)28/h7,10-12,24H,4-6,8H2,1-3H3,(H,19,25,28)/t10?,11-,12-/m1/s1. The van der Waals surface area contributed by atoms with E-state index in [0.29, 0.717) is 5.56 Å². The number of carbonyl (C=O) groups is 2. The summed E-state index contributed by atoms with van der Waals surface area (Å²) in [7, 11) is 0. The molecule has 1 aliphatic heterocycles. The van der Waals surface area contributed by atoms with Crippen molar-refractivity contribution in [2.24, 2.45) is 0 Å². The van der Waals surface area contributed by atoms with Crippen molar-refractivity contribution in [3.63, 3.8) is 0 Å². The van der Waals surface area contributed by atoms with E-state index in [1.165, 1.54) is 17.7 Å². The highest BCUT2D eigenvalue weighted by Crippen LogP contribution is 2.36. The average Bonchev–Trinajstić information content (AvgIpc) is 3.35. The number of hydrogen-bond donors (Lipinski definition) is 2. The van der Waals surface area contributed by atoms with E-state index in [4.69, 9.17) is 14.2 Å². The second kappa shape index (κ2) is 9.22. The Kier molecular flexibility index (Phi) is 6.65. The van der Waals surface area contributed by atoms with Gasteiger partial charge in [0.15, 0.2) is 5.69 Å². The van der Waals surface area contributed by atoms with Gasteiger partial charge in [0.2, 0.25) is 5.69 Å². The third-order valence-electron chi connectivity index (χ3n) is 4.79. The smallest absolute Gasteiger partial charge is 0.361 e. The van der Waals surface area contributed by atoms with E-state index in [1.807, 2.05) is 0 Å². The zero-order valence-electron chi connectivity index (χ0n) is 17.2. The quantitative estimate of drug-likeness (QED) is 0.529. The fourth-order valence-corrected chi connectivity index (χ4v) is 3.36.